The maximum absolute atomic E-state index is 5.67. The maximum atomic E-state index is 5.67. The number of rotatable bonds is 2. The number of hydrogen-bond acceptors (Lipinski definition) is 3. The second kappa shape index (κ2) is 3.71. The average Bonchev–Trinajstić information content (AvgIpc) is 1.94. The van der Waals surface area contributed by atoms with Crippen molar-refractivity contribution in [3.05, 3.63) is 12.7 Å². The molecule has 1 fully saturated rings. The Bertz CT molecular complexity index is 116. The first kappa shape index (κ1) is 7.72. The molecular weight excluding hydrogens is 128 g/mol. The van der Waals surface area contributed by atoms with Gasteiger partial charge in [0, 0.05) is 6.54 Å². The summed E-state index contributed by atoms with van der Waals surface area (Å²) >= 11 is 0. The van der Waals surface area contributed by atoms with Crippen LogP contribution in [-0.4, -0.2) is 30.8 Å². The monoisotopic (exact) mass is 142 g/mol. The highest BCUT2D eigenvalue weighted by molar-refractivity contribution is 4.79. The van der Waals surface area contributed by atoms with Gasteiger partial charge in [-0.3, -0.25) is 5.84 Å². The minimum absolute atomic E-state index is 0.339. The van der Waals surface area contributed by atoms with E-state index < -0.39 is 0 Å². The minimum atomic E-state index is 0.339. The zero-order valence-electron chi connectivity index (χ0n) is 6.12. The summed E-state index contributed by atoms with van der Waals surface area (Å²) in [5.74, 6) is 5.67. The zero-order valence-corrected chi connectivity index (χ0v) is 6.12. The van der Waals surface area contributed by atoms with Gasteiger partial charge < -0.3 is 4.74 Å². The van der Waals surface area contributed by atoms with Crippen LogP contribution in [0.5, 0.6) is 0 Å². The van der Waals surface area contributed by atoms with Gasteiger partial charge in [0.05, 0.1) is 19.3 Å². The van der Waals surface area contributed by atoms with Crippen LogP contribution in [0.15, 0.2) is 12.7 Å². The predicted octanol–water partition coefficient (Wildman–Crippen LogP) is 0.137. The molecule has 1 unspecified atom stereocenters. The van der Waals surface area contributed by atoms with Crippen molar-refractivity contribution in [2.75, 3.05) is 19.8 Å². The number of nitrogens with zero attached hydrogens (tertiary/aromatic N) is 1. The van der Waals surface area contributed by atoms with Crippen molar-refractivity contribution in [1.29, 1.82) is 0 Å². The highest BCUT2D eigenvalue weighted by atomic mass is 16.5. The Labute approximate surface area is 61.4 Å². The van der Waals surface area contributed by atoms with Gasteiger partial charge in [0.25, 0.3) is 0 Å². The van der Waals surface area contributed by atoms with Crippen molar-refractivity contribution >= 4 is 0 Å². The van der Waals surface area contributed by atoms with Gasteiger partial charge in [-0.05, 0) is 6.42 Å². The standard InChI is InChI=1S/C7H14N2O/c1-2-3-7-6-10-5-4-9(7)8/h2,7H,1,3-6,8H2. The molecule has 1 saturated heterocycles. The fourth-order valence-corrected chi connectivity index (χ4v) is 1.06. The molecule has 1 aliphatic rings. The number of hydrazine groups is 1. The molecule has 2 N–H and O–H groups in total. The lowest BCUT2D eigenvalue weighted by atomic mass is 10.2. The number of ether oxygens (including phenoxy) is 1. The van der Waals surface area contributed by atoms with Crippen LogP contribution in [0.1, 0.15) is 6.42 Å². The zero-order chi connectivity index (χ0) is 7.40. The molecule has 1 rings (SSSR count). The summed E-state index contributed by atoms with van der Waals surface area (Å²) in [4.78, 5) is 0. The van der Waals surface area contributed by atoms with Crippen molar-refractivity contribution in [2.45, 2.75) is 12.5 Å². The second-order valence-electron chi connectivity index (χ2n) is 2.49. The largest absolute Gasteiger partial charge is 0.378 e. The molecule has 0 bridgehead atoms. The normalized spacial score (nSPS) is 28.3. The van der Waals surface area contributed by atoms with Gasteiger partial charge in [-0.15, -0.1) is 6.58 Å². The van der Waals surface area contributed by atoms with Gasteiger partial charge in [0.2, 0.25) is 0 Å². The Morgan fingerprint density at radius 1 is 1.80 bits per heavy atom. The summed E-state index contributed by atoms with van der Waals surface area (Å²) in [6.07, 6.45) is 2.79. The topological polar surface area (TPSA) is 38.5 Å². The smallest absolute Gasteiger partial charge is 0.0639 e. The van der Waals surface area contributed by atoms with Crippen molar-refractivity contribution < 1.29 is 4.74 Å². The second-order valence-corrected chi connectivity index (χ2v) is 2.49. The van der Waals surface area contributed by atoms with E-state index in [-0.39, 0.29) is 0 Å². The van der Waals surface area contributed by atoms with Crippen LogP contribution < -0.4 is 5.84 Å². The van der Waals surface area contributed by atoms with Crippen LogP contribution in [0.2, 0.25) is 0 Å². The van der Waals surface area contributed by atoms with E-state index >= 15 is 0 Å². The molecule has 3 heteroatoms. The van der Waals surface area contributed by atoms with E-state index in [9.17, 15) is 0 Å². The summed E-state index contributed by atoms with van der Waals surface area (Å²) in [6, 6.07) is 0.339. The van der Waals surface area contributed by atoms with Gasteiger partial charge in [-0.1, -0.05) is 6.08 Å². The summed E-state index contributed by atoms with van der Waals surface area (Å²) < 4.78 is 5.24. The van der Waals surface area contributed by atoms with Gasteiger partial charge in [-0.25, -0.2) is 5.01 Å². The van der Waals surface area contributed by atoms with Crippen molar-refractivity contribution in [3.63, 3.8) is 0 Å². The molecule has 0 spiro atoms. The molecule has 1 heterocycles. The molecule has 3 nitrogen and oxygen atoms in total. The molecule has 0 saturated carbocycles. The van der Waals surface area contributed by atoms with Crippen LogP contribution in [0.4, 0.5) is 0 Å². The molecular formula is C7H14N2O. The number of hydrogen-bond donors (Lipinski definition) is 1. The molecule has 0 aliphatic carbocycles. The van der Waals surface area contributed by atoms with E-state index in [0.717, 1.165) is 26.2 Å². The highest BCUT2D eigenvalue weighted by Crippen LogP contribution is 2.05. The van der Waals surface area contributed by atoms with E-state index in [1.807, 2.05) is 11.1 Å². The van der Waals surface area contributed by atoms with E-state index in [1.54, 1.807) is 0 Å². The van der Waals surface area contributed by atoms with Crippen LogP contribution in [0.25, 0.3) is 0 Å². The summed E-state index contributed by atoms with van der Waals surface area (Å²) in [7, 11) is 0. The lowest BCUT2D eigenvalue weighted by molar-refractivity contribution is -0.00654. The molecule has 0 radical (unpaired) electrons. The number of nitrogens with two attached hydrogens (primary N) is 1. The molecule has 0 aromatic rings. The Morgan fingerprint density at radius 2 is 2.60 bits per heavy atom. The van der Waals surface area contributed by atoms with Crippen LogP contribution in [0, 0.1) is 0 Å². The van der Waals surface area contributed by atoms with Crippen molar-refractivity contribution in [3.8, 4) is 0 Å². The first-order valence-electron chi connectivity index (χ1n) is 3.54. The maximum Gasteiger partial charge on any atom is 0.0639 e. The van der Waals surface area contributed by atoms with E-state index in [0.29, 0.717) is 6.04 Å². The third kappa shape index (κ3) is 1.80. The fraction of sp³-hybridized carbons (Fsp3) is 0.714. The fourth-order valence-electron chi connectivity index (χ4n) is 1.06. The average molecular weight is 142 g/mol. The molecule has 10 heavy (non-hydrogen) atoms. The lowest BCUT2D eigenvalue weighted by Crippen LogP contribution is -2.49. The minimum Gasteiger partial charge on any atom is -0.378 e. The summed E-state index contributed by atoms with van der Waals surface area (Å²) in [5, 5.41) is 1.82. The van der Waals surface area contributed by atoms with E-state index in [2.05, 4.69) is 6.58 Å². The van der Waals surface area contributed by atoms with Crippen LogP contribution >= 0.6 is 0 Å². The molecule has 0 aromatic heterocycles. The molecule has 1 aliphatic heterocycles. The lowest BCUT2D eigenvalue weighted by Gasteiger charge is -2.30. The summed E-state index contributed by atoms with van der Waals surface area (Å²) in [6.45, 7) is 5.98. The SMILES string of the molecule is C=CCC1COCCN1N. The van der Waals surface area contributed by atoms with Gasteiger partial charge >= 0.3 is 0 Å². The van der Waals surface area contributed by atoms with Crippen LogP contribution in [0.3, 0.4) is 0 Å². The van der Waals surface area contributed by atoms with Gasteiger partial charge in [-0.2, -0.15) is 0 Å². The first-order chi connectivity index (χ1) is 4.84. The van der Waals surface area contributed by atoms with E-state index in [4.69, 9.17) is 10.6 Å². The Balaban J connectivity index is 2.32. The quantitative estimate of drug-likeness (QED) is 0.440. The predicted molar refractivity (Wildman–Crippen MR) is 40.3 cm³/mol. The highest BCUT2D eigenvalue weighted by Gasteiger charge is 2.17. The molecule has 0 amide bonds. The van der Waals surface area contributed by atoms with Crippen molar-refractivity contribution in [2.24, 2.45) is 5.84 Å². The molecule has 1 atom stereocenters. The van der Waals surface area contributed by atoms with Crippen molar-refractivity contribution in [1.82, 2.24) is 5.01 Å². The summed E-state index contributed by atoms with van der Waals surface area (Å²) in [5.41, 5.74) is 0. The third-order valence-electron chi connectivity index (χ3n) is 1.71. The first-order valence-corrected chi connectivity index (χ1v) is 3.54. The van der Waals surface area contributed by atoms with Crippen LogP contribution in [-0.2, 0) is 4.74 Å². The van der Waals surface area contributed by atoms with Gasteiger partial charge in [0.15, 0.2) is 0 Å². The molecule has 58 valence electrons. The Hall–Kier alpha value is -0.380. The van der Waals surface area contributed by atoms with Gasteiger partial charge in [0.1, 0.15) is 0 Å². The molecule has 0 aromatic carbocycles. The number of morpholine rings is 1. The Morgan fingerprint density at radius 3 is 3.20 bits per heavy atom. The van der Waals surface area contributed by atoms with E-state index in [1.165, 1.54) is 0 Å². The Kier molecular flexibility index (Phi) is 2.86. The third-order valence-corrected chi connectivity index (χ3v) is 1.71.